The van der Waals surface area contributed by atoms with Crippen LogP contribution in [0.15, 0.2) is 29.3 Å². The lowest BCUT2D eigenvalue weighted by atomic mass is 10.1. The number of guanidine groups is 1. The first-order valence-corrected chi connectivity index (χ1v) is 7.93. The average molecular weight is 302 g/mol. The van der Waals surface area contributed by atoms with E-state index in [0.29, 0.717) is 12.5 Å². The molecule has 1 saturated heterocycles. The lowest BCUT2D eigenvalue weighted by molar-refractivity contribution is 0.0827. The molecule has 0 aromatic heterocycles. The average Bonchev–Trinajstić information content (AvgIpc) is 2.55. The fourth-order valence-corrected chi connectivity index (χ4v) is 2.64. The van der Waals surface area contributed by atoms with Gasteiger partial charge in [0.15, 0.2) is 5.96 Å². The Morgan fingerprint density at radius 2 is 2.00 bits per heavy atom. The molecule has 5 nitrogen and oxygen atoms in total. The molecular formula is C17H26N4O. The molecule has 1 aromatic rings. The van der Waals surface area contributed by atoms with Crippen LogP contribution in [0.5, 0.6) is 0 Å². The van der Waals surface area contributed by atoms with E-state index in [1.165, 1.54) is 19.3 Å². The lowest BCUT2D eigenvalue weighted by Gasteiger charge is -2.27. The fourth-order valence-electron chi connectivity index (χ4n) is 2.64. The van der Waals surface area contributed by atoms with E-state index in [0.717, 1.165) is 30.6 Å². The van der Waals surface area contributed by atoms with E-state index < -0.39 is 0 Å². The molecule has 2 rings (SSSR count). The summed E-state index contributed by atoms with van der Waals surface area (Å²) < 4.78 is 0. The number of piperidine rings is 1. The van der Waals surface area contributed by atoms with E-state index in [1.807, 2.05) is 24.3 Å². The van der Waals surface area contributed by atoms with Gasteiger partial charge in [0.25, 0.3) is 5.91 Å². The second-order valence-corrected chi connectivity index (χ2v) is 5.94. The van der Waals surface area contributed by atoms with Gasteiger partial charge in [-0.15, -0.1) is 0 Å². The molecular weight excluding hydrogens is 276 g/mol. The molecule has 120 valence electrons. The topological polar surface area (TPSA) is 61.9 Å². The second-order valence-electron chi connectivity index (χ2n) is 5.94. The minimum absolute atomic E-state index is 0.0261. The number of hydrogen-bond donors (Lipinski definition) is 1. The Kier molecular flexibility index (Phi) is 5.81. The first-order valence-electron chi connectivity index (χ1n) is 7.93. The monoisotopic (exact) mass is 302 g/mol. The van der Waals surface area contributed by atoms with E-state index in [4.69, 9.17) is 5.73 Å². The van der Waals surface area contributed by atoms with Crippen LogP contribution < -0.4 is 5.73 Å². The molecule has 0 radical (unpaired) electrons. The van der Waals surface area contributed by atoms with Crippen LogP contribution in [0.2, 0.25) is 0 Å². The van der Waals surface area contributed by atoms with Crippen LogP contribution >= 0.6 is 0 Å². The summed E-state index contributed by atoms with van der Waals surface area (Å²) in [4.78, 5) is 20.2. The number of nitrogens with two attached hydrogens (primary N) is 1. The van der Waals surface area contributed by atoms with Crippen molar-refractivity contribution in [1.29, 1.82) is 0 Å². The van der Waals surface area contributed by atoms with E-state index in [9.17, 15) is 4.79 Å². The van der Waals surface area contributed by atoms with Gasteiger partial charge < -0.3 is 15.5 Å². The largest absolute Gasteiger partial charge is 0.370 e. The van der Waals surface area contributed by atoms with E-state index in [-0.39, 0.29) is 5.91 Å². The van der Waals surface area contributed by atoms with Crippen molar-refractivity contribution in [3.8, 4) is 0 Å². The summed E-state index contributed by atoms with van der Waals surface area (Å²) in [5.74, 6) is 0.679. The molecule has 1 amide bonds. The number of carbonyl (C=O) groups excluding carboxylic acids is 1. The predicted octanol–water partition coefficient (Wildman–Crippen LogP) is 1.73. The molecule has 0 aliphatic carbocycles. The normalized spacial score (nSPS) is 15.7. The van der Waals surface area contributed by atoms with Crippen LogP contribution in [0, 0.1) is 0 Å². The first-order chi connectivity index (χ1) is 10.6. The highest BCUT2D eigenvalue weighted by atomic mass is 16.2. The van der Waals surface area contributed by atoms with Crippen molar-refractivity contribution in [2.45, 2.75) is 25.7 Å². The summed E-state index contributed by atoms with van der Waals surface area (Å²) >= 11 is 0. The summed E-state index contributed by atoms with van der Waals surface area (Å²) in [6, 6.07) is 7.73. The molecule has 1 aromatic carbocycles. The van der Waals surface area contributed by atoms with Gasteiger partial charge in [0.05, 0.1) is 0 Å². The van der Waals surface area contributed by atoms with Gasteiger partial charge in [-0.2, -0.15) is 0 Å². The van der Waals surface area contributed by atoms with Gasteiger partial charge in [0.2, 0.25) is 0 Å². The van der Waals surface area contributed by atoms with Crippen LogP contribution in [0.4, 0.5) is 0 Å². The Morgan fingerprint density at radius 1 is 1.27 bits per heavy atom. The molecule has 1 heterocycles. The Bertz CT molecular complexity index is 533. The third kappa shape index (κ3) is 4.48. The van der Waals surface area contributed by atoms with Gasteiger partial charge in [-0.1, -0.05) is 12.1 Å². The van der Waals surface area contributed by atoms with Crippen LogP contribution in [0.1, 0.15) is 35.2 Å². The number of aliphatic imine (C=N–C) groups is 1. The lowest BCUT2D eigenvalue weighted by Crippen LogP contribution is -2.41. The van der Waals surface area contributed by atoms with Crippen LogP contribution in [-0.4, -0.2) is 55.4 Å². The molecule has 0 saturated carbocycles. The number of rotatable bonds is 4. The summed E-state index contributed by atoms with van der Waals surface area (Å²) in [5, 5.41) is 0. The minimum atomic E-state index is 0.0261. The summed E-state index contributed by atoms with van der Waals surface area (Å²) in [5.41, 5.74) is 7.88. The molecule has 0 spiro atoms. The first kappa shape index (κ1) is 16.3. The maximum Gasteiger partial charge on any atom is 0.253 e. The smallest absolute Gasteiger partial charge is 0.253 e. The molecule has 1 fully saturated rings. The molecule has 0 atom stereocenters. The molecule has 1 aliphatic rings. The van der Waals surface area contributed by atoms with Crippen molar-refractivity contribution in [3.05, 3.63) is 35.4 Å². The maximum atomic E-state index is 12.0. The van der Waals surface area contributed by atoms with Crippen LogP contribution in [0.25, 0.3) is 0 Å². The van der Waals surface area contributed by atoms with Crippen molar-refractivity contribution in [3.63, 3.8) is 0 Å². The Morgan fingerprint density at radius 3 is 2.68 bits per heavy atom. The summed E-state index contributed by atoms with van der Waals surface area (Å²) in [6.45, 7) is 2.69. The standard InChI is InChI=1S/C17H26N4O/c1-20(2)16(22)15-8-6-7-14(13-15)9-10-19-17(18)21-11-4-3-5-12-21/h6-8,13H,3-5,9-12H2,1-2H3,(H2,18,19). The quantitative estimate of drug-likeness (QED) is 0.680. The van der Waals surface area contributed by atoms with Crippen LogP contribution in [-0.2, 0) is 6.42 Å². The fraction of sp³-hybridized carbons (Fsp3) is 0.529. The van der Waals surface area contributed by atoms with E-state index in [1.54, 1.807) is 19.0 Å². The van der Waals surface area contributed by atoms with E-state index in [2.05, 4.69) is 9.89 Å². The predicted molar refractivity (Wildman–Crippen MR) is 90.1 cm³/mol. The number of likely N-dealkylation sites (tertiary alicyclic amines) is 1. The van der Waals surface area contributed by atoms with E-state index >= 15 is 0 Å². The minimum Gasteiger partial charge on any atom is -0.370 e. The zero-order valence-corrected chi connectivity index (χ0v) is 13.6. The number of hydrogen-bond acceptors (Lipinski definition) is 2. The Balaban J connectivity index is 1.91. The van der Waals surface area contributed by atoms with Gasteiger partial charge in [-0.25, -0.2) is 0 Å². The highest BCUT2D eigenvalue weighted by Crippen LogP contribution is 2.10. The second kappa shape index (κ2) is 7.82. The van der Waals surface area contributed by atoms with Crippen molar-refractivity contribution in [2.24, 2.45) is 10.7 Å². The van der Waals surface area contributed by atoms with Crippen molar-refractivity contribution in [1.82, 2.24) is 9.80 Å². The molecule has 2 N–H and O–H groups in total. The summed E-state index contributed by atoms with van der Waals surface area (Å²) in [6.07, 6.45) is 4.48. The van der Waals surface area contributed by atoms with Gasteiger partial charge in [-0.05, 0) is 43.4 Å². The van der Waals surface area contributed by atoms with Crippen molar-refractivity contribution < 1.29 is 4.79 Å². The molecule has 0 bridgehead atoms. The number of nitrogens with zero attached hydrogens (tertiary/aromatic N) is 3. The number of benzene rings is 1. The van der Waals surface area contributed by atoms with Gasteiger partial charge in [0, 0.05) is 39.3 Å². The van der Waals surface area contributed by atoms with Gasteiger partial charge in [0.1, 0.15) is 0 Å². The molecule has 22 heavy (non-hydrogen) atoms. The Labute approximate surface area is 132 Å². The zero-order chi connectivity index (χ0) is 15.9. The Hall–Kier alpha value is -2.04. The highest BCUT2D eigenvalue weighted by Gasteiger charge is 2.11. The summed E-state index contributed by atoms with van der Waals surface area (Å²) in [7, 11) is 3.53. The zero-order valence-electron chi connectivity index (χ0n) is 13.6. The molecule has 5 heteroatoms. The number of amides is 1. The molecule has 0 unspecified atom stereocenters. The SMILES string of the molecule is CN(C)C(=O)c1cccc(CCN=C(N)N2CCCCC2)c1. The molecule has 1 aliphatic heterocycles. The highest BCUT2D eigenvalue weighted by molar-refractivity contribution is 5.94. The third-order valence-corrected chi connectivity index (χ3v) is 3.93. The van der Waals surface area contributed by atoms with Gasteiger partial charge in [-0.3, -0.25) is 9.79 Å². The third-order valence-electron chi connectivity index (χ3n) is 3.93. The van der Waals surface area contributed by atoms with Crippen molar-refractivity contribution >= 4 is 11.9 Å². The van der Waals surface area contributed by atoms with Crippen molar-refractivity contribution in [2.75, 3.05) is 33.7 Å². The maximum absolute atomic E-state index is 12.0. The van der Waals surface area contributed by atoms with Crippen LogP contribution in [0.3, 0.4) is 0 Å². The number of carbonyl (C=O) groups is 1. The van der Waals surface area contributed by atoms with Gasteiger partial charge >= 0.3 is 0 Å².